The van der Waals surface area contributed by atoms with Gasteiger partial charge in [-0.3, -0.25) is 0 Å². The predicted octanol–water partition coefficient (Wildman–Crippen LogP) is 3.35. The lowest BCUT2D eigenvalue weighted by atomic mass is 10.4. The SMILES string of the molecule is CS(C)(O)c1cccc(Br)c1. The van der Waals surface area contributed by atoms with E-state index in [0.717, 1.165) is 9.37 Å². The molecule has 1 nitrogen and oxygen atoms in total. The molecule has 0 aliphatic carbocycles. The van der Waals surface area contributed by atoms with Crippen LogP contribution in [-0.2, 0) is 0 Å². The van der Waals surface area contributed by atoms with Gasteiger partial charge < -0.3 is 4.55 Å². The Morgan fingerprint density at radius 3 is 2.36 bits per heavy atom. The molecule has 0 bridgehead atoms. The molecule has 0 saturated heterocycles. The largest absolute Gasteiger partial charge is 0.348 e. The summed E-state index contributed by atoms with van der Waals surface area (Å²) < 4.78 is 10.7. The molecule has 0 heterocycles. The quantitative estimate of drug-likeness (QED) is 0.791. The predicted molar refractivity (Wildman–Crippen MR) is 54.5 cm³/mol. The van der Waals surface area contributed by atoms with Crippen molar-refractivity contribution in [2.75, 3.05) is 12.5 Å². The third-order valence-corrected chi connectivity index (χ3v) is 3.27. The van der Waals surface area contributed by atoms with Crippen molar-refractivity contribution in [2.45, 2.75) is 4.90 Å². The molecule has 0 aliphatic heterocycles. The minimum atomic E-state index is -1.56. The molecule has 0 spiro atoms. The average molecular weight is 235 g/mol. The van der Waals surface area contributed by atoms with Crippen LogP contribution in [0.2, 0.25) is 0 Å². The van der Waals surface area contributed by atoms with E-state index in [9.17, 15) is 4.55 Å². The maximum atomic E-state index is 9.68. The highest BCUT2D eigenvalue weighted by Crippen LogP contribution is 2.44. The monoisotopic (exact) mass is 234 g/mol. The van der Waals surface area contributed by atoms with Gasteiger partial charge >= 0.3 is 0 Å². The summed E-state index contributed by atoms with van der Waals surface area (Å²) in [6.45, 7) is 0. The first-order valence-electron chi connectivity index (χ1n) is 3.21. The zero-order valence-electron chi connectivity index (χ0n) is 6.54. The molecule has 11 heavy (non-hydrogen) atoms. The number of benzene rings is 1. The lowest BCUT2D eigenvalue weighted by Crippen LogP contribution is -1.92. The van der Waals surface area contributed by atoms with Crippen LogP contribution in [0.15, 0.2) is 33.6 Å². The first-order chi connectivity index (χ1) is 5.00. The van der Waals surface area contributed by atoms with Gasteiger partial charge in [-0.05, 0) is 30.7 Å². The molecule has 0 fully saturated rings. The van der Waals surface area contributed by atoms with Crippen molar-refractivity contribution in [1.29, 1.82) is 0 Å². The molecular weight excluding hydrogens is 224 g/mol. The van der Waals surface area contributed by atoms with Gasteiger partial charge in [0.05, 0.1) is 0 Å². The summed E-state index contributed by atoms with van der Waals surface area (Å²) in [6, 6.07) is 7.79. The van der Waals surface area contributed by atoms with E-state index in [-0.39, 0.29) is 0 Å². The Hall–Kier alpha value is 0.01000. The highest BCUT2D eigenvalue weighted by molar-refractivity contribution is 9.10. The molecule has 0 amide bonds. The second kappa shape index (κ2) is 3.17. The maximum absolute atomic E-state index is 9.68. The van der Waals surface area contributed by atoms with Crippen LogP contribution in [0.25, 0.3) is 0 Å². The summed E-state index contributed by atoms with van der Waals surface area (Å²) in [5, 5.41) is 0. The highest BCUT2D eigenvalue weighted by Gasteiger charge is 2.08. The summed E-state index contributed by atoms with van der Waals surface area (Å²) in [6.07, 6.45) is 3.71. The number of hydrogen-bond donors (Lipinski definition) is 1. The third kappa shape index (κ3) is 2.51. The molecule has 1 aromatic rings. The van der Waals surface area contributed by atoms with Gasteiger partial charge in [0.2, 0.25) is 0 Å². The highest BCUT2D eigenvalue weighted by atomic mass is 79.9. The van der Waals surface area contributed by atoms with Gasteiger partial charge in [-0.2, -0.15) is 0 Å². The van der Waals surface area contributed by atoms with Crippen molar-refractivity contribution in [2.24, 2.45) is 0 Å². The Bertz CT molecular complexity index is 255. The fourth-order valence-electron chi connectivity index (χ4n) is 0.778. The average Bonchev–Trinajstić information content (AvgIpc) is 1.86. The fourth-order valence-corrected chi connectivity index (χ4v) is 2.16. The van der Waals surface area contributed by atoms with Crippen LogP contribution in [0.1, 0.15) is 0 Å². The topological polar surface area (TPSA) is 20.2 Å². The molecule has 0 unspecified atom stereocenters. The number of hydrogen-bond acceptors (Lipinski definition) is 1. The molecular formula is C8H11BrOS. The first-order valence-corrected chi connectivity index (χ1v) is 6.41. The zero-order valence-corrected chi connectivity index (χ0v) is 8.95. The molecule has 1 rings (SSSR count). The van der Waals surface area contributed by atoms with E-state index in [4.69, 9.17) is 0 Å². The molecule has 0 aliphatic rings. The minimum Gasteiger partial charge on any atom is -0.348 e. The van der Waals surface area contributed by atoms with Crippen molar-refractivity contribution in [1.82, 2.24) is 0 Å². The van der Waals surface area contributed by atoms with Crippen LogP contribution >= 0.6 is 26.2 Å². The van der Waals surface area contributed by atoms with Crippen LogP contribution < -0.4 is 0 Å². The van der Waals surface area contributed by atoms with Crippen LogP contribution in [-0.4, -0.2) is 17.1 Å². The Morgan fingerprint density at radius 1 is 1.36 bits per heavy atom. The molecule has 0 aromatic heterocycles. The Balaban J connectivity index is 3.06. The molecule has 0 radical (unpaired) electrons. The van der Waals surface area contributed by atoms with Crippen molar-refractivity contribution in [3.8, 4) is 0 Å². The zero-order chi connectivity index (χ0) is 8.48. The van der Waals surface area contributed by atoms with E-state index in [2.05, 4.69) is 15.9 Å². The van der Waals surface area contributed by atoms with Gasteiger partial charge in [0.15, 0.2) is 0 Å². The molecule has 0 saturated carbocycles. The maximum Gasteiger partial charge on any atom is 0.0186 e. The van der Waals surface area contributed by atoms with Crippen molar-refractivity contribution < 1.29 is 4.55 Å². The van der Waals surface area contributed by atoms with Gasteiger partial charge in [0, 0.05) is 9.37 Å². The molecule has 3 heteroatoms. The Labute approximate surface area is 77.1 Å². The smallest absolute Gasteiger partial charge is 0.0186 e. The summed E-state index contributed by atoms with van der Waals surface area (Å²) in [7, 11) is -1.56. The molecule has 1 aromatic carbocycles. The van der Waals surface area contributed by atoms with Gasteiger partial charge in [-0.25, -0.2) is 0 Å². The summed E-state index contributed by atoms with van der Waals surface area (Å²) in [4.78, 5) is 1.01. The Kier molecular flexibility index (Phi) is 2.62. The number of halogens is 1. The molecule has 1 N–H and O–H groups in total. The minimum absolute atomic E-state index is 1.01. The van der Waals surface area contributed by atoms with E-state index >= 15 is 0 Å². The van der Waals surface area contributed by atoms with Gasteiger partial charge in [0.1, 0.15) is 0 Å². The summed E-state index contributed by atoms with van der Waals surface area (Å²) >= 11 is 3.36. The lowest BCUT2D eigenvalue weighted by Gasteiger charge is -2.23. The van der Waals surface area contributed by atoms with E-state index < -0.39 is 10.3 Å². The third-order valence-electron chi connectivity index (χ3n) is 1.37. The van der Waals surface area contributed by atoms with Gasteiger partial charge in [0.25, 0.3) is 0 Å². The standard InChI is InChI=1S/C8H11BrOS/c1-11(2,10)8-5-3-4-7(9)6-8/h3-6,10H,1-2H3. The Morgan fingerprint density at radius 2 is 2.00 bits per heavy atom. The van der Waals surface area contributed by atoms with Crippen molar-refractivity contribution in [3.05, 3.63) is 28.7 Å². The van der Waals surface area contributed by atoms with Crippen LogP contribution in [0.4, 0.5) is 0 Å². The van der Waals surface area contributed by atoms with Crippen LogP contribution in [0.5, 0.6) is 0 Å². The van der Waals surface area contributed by atoms with E-state index in [1.807, 2.05) is 36.8 Å². The number of rotatable bonds is 1. The fraction of sp³-hybridized carbons (Fsp3) is 0.250. The summed E-state index contributed by atoms with van der Waals surface area (Å²) in [5.41, 5.74) is 0. The molecule has 62 valence electrons. The van der Waals surface area contributed by atoms with Crippen molar-refractivity contribution >= 4 is 26.2 Å². The summed E-state index contributed by atoms with van der Waals surface area (Å²) in [5.74, 6) is 0. The van der Waals surface area contributed by atoms with Crippen LogP contribution in [0.3, 0.4) is 0 Å². The van der Waals surface area contributed by atoms with Crippen molar-refractivity contribution in [3.63, 3.8) is 0 Å². The van der Waals surface area contributed by atoms with E-state index in [1.165, 1.54) is 0 Å². The normalized spacial score (nSPS) is 13.1. The molecule has 0 atom stereocenters. The van der Waals surface area contributed by atoms with Gasteiger partial charge in [-0.15, -0.1) is 10.3 Å². The van der Waals surface area contributed by atoms with E-state index in [0.29, 0.717) is 0 Å². The van der Waals surface area contributed by atoms with E-state index in [1.54, 1.807) is 0 Å². The lowest BCUT2D eigenvalue weighted by molar-refractivity contribution is 0.637. The second-order valence-corrected chi connectivity index (χ2v) is 6.66. The second-order valence-electron chi connectivity index (χ2n) is 2.73. The van der Waals surface area contributed by atoms with Crippen LogP contribution in [0, 0.1) is 0 Å². The van der Waals surface area contributed by atoms with Gasteiger partial charge in [-0.1, -0.05) is 22.0 Å². The first kappa shape index (κ1) is 9.10.